The summed E-state index contributed by atoms with van der Waals surface area (Å²) in [6.45, 7) is 5.89. The van der Waals surface area contributed by atoms with Crippen LogP contribution in [0.1, 0.15) is 19.5 Å². The minimum Gasteiger partial charge on any atom is -0.489 e. The standard InChI is InChI=1S/C17H19N5O/c1-12(2)23-15-9-16(13(3)18-10-15)20-17-19-11-22(21-17)14-7-5-4-6-8-14/h4-12H,1-3H3,(H,20,21). The van der Waals surface area contributed by atoms with Crippen LogP contribution < -0.4 is 10.1 Å². The molecular formula is C17H19N5O. The molecule has 3 aromatic rings. The molecule has 23 heavy (non-hydrogen) atoms. The third-order valence-electron chi connectivity index (χ3n) is 3.19. The summed E-state index contributed by atoms with van der Waals surface area (Å²) in [5, 5.41) is 7.62. The SMILES string of the molecule is Cc1ncc(OC(C)C)cc1Nc1ncn(-c2ccccc2)n1. The summed E-state index contributed by atoms with van der Waals surface area (Å²) in [7, 11) is 0. The number of nitrogens with zero attached hydrogens (tertiary/aromatic N) is 4. The van der Waals surface area contributed by atoms with Crippen LogP contribution >= 0.6 is 0 Å². The molecule has 6 nitrogen and oxygen atoms in total. The number of para-hydroxylation sites is 1. The first-order valence-corrected chi connectivity index (χ1v) is 7.49. The van der Waals surface area contributed by atoms with E-state index >= 15 is 0 Å². The lowest BCUT2D eigenvalue weighted by Crippen LogP contribution is -2.07. The van der Waals surface area contributed by atoms with E-state index < -0.39 is 0 Å². The Bertz CT molecular complexity index is 783. The van der Waals surface area contributed by atoms with E-state index in [-0.39, 0.29) is 6.10 Å². The highest BCUT2D eigenvalue weighted by molar-refractivity contribution is 5.58. The van der Waals surface area contributed by atoms with Crippen molar-refractivity contribution < 1.29 is 4.74 Å². The Morgan fingerprint density at radius 2 is 1.91 bits per heavy atom. The van der Waals surface area contributed by atoms with Crippen LogP contribution in [0.4, 0.5) is 11.6 Å². The van der Waals surface area contributed by atoms with Crippen molar-refractivity contribution in [1.82, 2.24) is 19.7 Å². The minimum atomic E-state index is 0.0998. The number of rotatable bonds is 5. The minimum absolute atomic E-state index is 0.0998. The number of nitrogens with one attached hydrogen (secondary N) is 1. The molecule has 0 unspecified atom stereocenters. The van der Waals surface area contributed by atoms with Crippen LogP contribution in [0.15, 0.2) is 48.9 Å². The Hall–Kier alpha value is -2.89. The highest BCUT2D eigenvalue weighted by atomic mass is 16.5. The van der Waals surface area contributed by atoms with Gasteiger partial charge in [-0.1, -0.05) is 18.2 Å². The van der Waals surface area contributed by atoms with Crippen LogP contribution in [0.3, 0.4) is 0 Å². The van der Waals surface area contributed by atoms with Crippen molar-refractivity contribution in [3.63, 3.8) is 0 Å². The second-order valence-electron chi connectivity index (χ2n) is 5.44. The molecule has 0 radical (unpaired) electrons. The number of aryl methyl sites for hydroxylation is 1. The van der Waals surface area contributed by atoms with Gasteiger partial charge in [0.1, 0.15) is 12.1 Å². The maximum Gasteiger partial charge on any atom is 0.247 e. The van der Waals surface area contributed by atoms with E-state index in [1.807, 2.05) is 57.2 Å². The van der Waals surface area contributed by atoms with Gasteiger partial charge in [0, 0.05) is 6.07 Å². The molecule has 1 aromatic carbocycles. The third-order valence-corrected chi connectivity index (χ3v) is 3.19. The molecule has 0 aliphatic rings. The third kappa shape index (κ3) is 3.66. The normalized spacial score (nSPS) is 10.8. The smallest absolute Gasteiger partial charge is 0.247 e. The Morgan fingerprint density at radius 3 is 2.65 bits per heavy atom. The summed E-state index contributed by atoms with van der Waals surface area (Å²) >= 11 is 0. The summed E-state index contributed by atoms with van der Waals surface area (Å²) < 4.78 is 7.40. The van der Waals surface area contributed by atoms with E-state index in [2.05, 4.69) is 20.4 Å². The number of aromatic nitrogens is 4. The predicted molar refractivity (Wildman–Crippen MR) is 89.4 cm³/mol. The molecule has 0 amide bonds. The fourth-order valence-electron chi connectivity index (χ4n) is 2.12. The fourth-order valence-corrected chi connectivity index (χ4v) is 2.12. The summed E-state index contributed by atoms with van der Waals surface area (Å²) in [4.78, 5) is 8.64. The zero-order valence-electron chi connectivity index (χ0n) is 13.4. The Kier molecular flexibility index (Phi) is 4.23. The molecule has 2 aromatic heterocycles. The van der Waals surface area contributed by atoms with Crippen molar-refractivity contribution in [2.24, 2.45) is 0 Å². The second kappa shape index (κ2) is 6.48. The fraction of sp³-hybridized carbons (Fsp3) is 0.235. The second-order valence-corrected chi connectivity index (χ2v) is 5.44. The van der Waals surface area contributed by atoms with E-state index in [1.54, 1.807) is 17.2 Å². The predicted octanol–water partition coefficient (Wildman–Crippen LogP) is 3.50. The zero-order valence-corrected chi connectivity index (χ0v) is 13.4. The molecule has 0 fully saturated rings. The van der Waals surface area contributed by atoms with Crippen LogP contribution in [-0.4, -0.2) is 25.9 Å². The summed E-state index contributed by atoms with van der Waals surface area (Å²) in [6.07, 6.45) is 3.49. The Labute approximate surface area is 135 Å². The molecule has 3 rings (SSSR count). The van der Waals surface area contributed by atoms with Crippen LogP contribution in [0.25, 0.3) is 5.69 Å². The molecule has 0 atom stereocenters. The molecule has 0 spiro atoms. The van der Waals surface area contributed by atoms with Crippen LogP contribution in [0, 0.1) is 6.92 Å². The van der Waals surface area contributed by atoms with Gasteiger partial charge in [-0.3, -0.25) is 4.98 Å². The van der Waals surface area contributed by atoms with E-state index in [4.69, 9.17) is 4.74 Å². The number of anilines is 2. The number of pyridine rings is 1. The lowest BCUT2D eigenvalue weighted by molar-refractivity contribution is 0.241. The quantitative estimate of drug-likeness (QED) is 0.781. The lowest BCUT2D eigenvalue weighted by Gasteiger charge is -2.12. The molecule has 6 heteroatoms. The van der Waals surface area contributed by atoms with Gasteiger partial charge in [-0.15, -0.1) is 5.10 Å². The summed E-state index contributed by atoms with van der Waals surface area (Å²) in [6, 6.07) is 11.8. The molecular weight excluding hydrogens is 290 g/mol. The average Bonchev–Trinajstić information content (AvgIpc) is 3.00. The van der Waals surface area contributed by atoms with Gasteiger partial charge in [-0.2, -0.15) is 4.98 Å². The summed E-state index contributed by atoms with van der Waals surface area (Å²) in [5.41, 5.74) is 2.64. The van der Waals surface area contributed by atoms with Gasteiger partial charge in [0.15, 0.2) is 0 Å². The van der Waals surface area contributed by atoms with Gasteiger partial charge in [0.05, 0.1) is 29.4 Å². The van der Waals surface area contributed by atoms with Gasteiger partial charge in [-0.25, -0.2) is 4.68 Å². The maximum atomic E-state index is 5.67. The molecule has 2 heterocycles. The van der Waals surface area contributed by atoms with Crippen LogP contribution in [-0.2, 0) is 0 Å². The average molecular weight is 309 g/mol. The maximum absolute atomic E-state index is 5.67. The first-order chi connectivity index (χ1) is 11.1. The molecule has 0 aliphatic heterocycles. The Balaban J connectivity index is 1.81. The van der Waals surface area contributed by atoms with Gasteiger partial charge < -0.3 is 10.1 Å². The topological polar surface area (TPSA) is 64.9 Å². The van der Waals surface area contributed by atoms with Crippen LogP contribution in [0.5, 0.6) is 5.75 Å². The van der Waals surface area contributed by atoms with Gasteiger partial charge >= 0.3 is 0 Å². The molecule has 1 N–H and O–H groups in total. The number of hydrogen-bond acceptors (Lipinski definition) is 5. The summed E-state index contributed by atoms with van der Waals surface area (Å²) in [5.74, 6) is 1.23. The monoisotopic (exact) mass is 309 g/mol. The lowest BCUT2D eigenvalue weighted by atomic mass is 10.3. The molecule has 0 saturated heterocycles. The molecule has 0 aliphatic carbocycles. The number of hydrogen-bond donors (Lipinski definition) is 1. The van der Waals surface area contributed by atoms with E-state index in [9.17, 15) is 0 Å². The van der Waals surface area contributed by atoms with Crippen molar-refractivity contribution in [2.45, 2.75) is 26.9 Å². The van der Waals surface area contributed by atoms with Gasteiger partial charge in [0.2, 0.25) is 5.95 Å². The molecule has 0 bridgehead atoms. The number of benzene rings is 1. The molecule has 0 saturated carbocycles. The van der Waals surface area contributed by atoms with Crippen molar-refractivity contribution in [1.29, 1.82) is 0 Å². The molecule has 118 valence electrons. The highest BCUT2D eigenvalue weighted by Gasteiger charge is 2.08. The van der Waals surface area contributed by atoms with Crippen molar-refractivity contribution in [3.05, 3.63) is 54.6 Å². The van der Waals surface area contributed by atoms with Crippen molar-refractivity contribution in [2.75, 3.05) is 5.32 Å². The number of ether oxygens (including phenoxy) is 1. The van der Waals surface area contributed by atoms with E-state index in [1.165, 1.54) is 0 Å². The highest BCUT2D eigenvalue weighted by Crippen LogP contribution is 2.23. The van der Waals surface area contributed by atoms with E-state index in [0.717, 1.165) is 22.8 Å². The van der Waals surface area contributed by atoms with E-state index in [0.29, 0.717) is 5.95 Å². The van der Waals surface area contributed by atoms with Crippen molar-refractivity contribution in [3.8, 4) is 11.4 Å². The largest absolute Gasteiger partial charge is 0.489 e. The zero-order chi connectivity index (χ0) is 16.2. The first-order valence-electron chi connectivity index (χ1n) is 7.49. The van der Waals surface area contributed by atoms with Crippen molar-refractivity contribution >= 4 is 11.6 Å². The first kappa shape index (κ1) is 15.0. The van der Waals surface area contributed by atoms with Crippen LogP contribution in [0.2, 0.25) is 0 Å². The Morgan fingerprint density at radius 1 is 1.13 bits per heavy atom. The van der Waals surface area contributed by atoms with Gasteiger partial charge in [0.25, 0.3) is 0 Å². The van der Waals surface area contributed by atoms with Gasteiger partial charge in [-0.05, 0) is 32.9 Å².